The molecule has 6 heteroatoms. The largest absolute Gasteiger partial charge is 0.496 e. The van der Waals surface area contributed by atoms with Crippen molar-refractivity contribution >= 4 is 0 Å². The van der Waals surface area contributed by atoms with E-state index in [0.717, 1.165) is 20.1 Å². The Kier molecular flexibility index (Phi) is 3.42. The Morgan fingerprint density at radius 2 is 1.88 bits per heavy atom. The lowest BCUT2D eigenvalue weighted by molar-refractivity contribution is 0.0588. The zero-order chi connectivity index (χ0) is 12.5. The third-order valence-corrected chi connectivity index (χ3v) is 2.23. The van der Waals surface area contributed by atoms with Gasteiger partial charge in [0, 0.05) is 12.1 Å². The van der Waals surface area contributed by atoms with Gasteiger partial charge in [-0.1, -0.05) is 0 Å². The standard InChI is InChI=1S/C10H11F4NO/c1-10(15,9(13)14)8-6(12)3-5(11)4-7(8)16-2/h3-4,9H,15H2,1-2H3. The second-order valence-corrected chi connectivity index (χ2v) is 3.55. The molecule has 0 radical (unpaired) electrons. The fourth-order valence-electron chi connectivity index (χ4n) is 1.34. The van der Waals surface area contributed by atoms with Crippen molar-refractivity contribution in [3.63, 3.8) is 0 Å². The molecule has 0 fully saturated rings. The topological polar surface area (TPSA) is 35.2 Å². The molecule has 1 aromatic rings. The summed E-state index contributed by atoms with van der Waals surface area (Å²) in [6.07, 6.45) is -3.00. The van der Waals surface area contributed by atoms with Gasteiger partial charge in [0.25, 0.3) is 6.43 Å². The minimum atomic E-state index is -3.00. The van der Waals surface area contributed by atoms with Crippen molar-refractivity contribution in [2.75, 3.05) is 7.11 Å². The monoisotopic (exact) mass is 237 g/mol. The van der Waals surface area contributed by atoms with Crippen LogP contribution in [0, 0.1) is 11.6 Å². The SMILES string of the molecule is COc1cc(F)cc(F)c1C(C)(N)C(F)F. The maximum atomic E-state index is 13.4. The highest BCUT2D eigenvalue weighted by Gasteiger charge is 2.38. The van der Waals surface area contributed by atoms with Crippen molar-refractivity contribution in [1.29, 1.82) is 0 Å². The van der Waals surface area contributed by atoms with Crippen molar-refractivity contribution in [2.45, 2.75) is 18.9 Å². The molecule has 1 unspecified atom stereocenters. The highest BCUT2D eigenvalue weighted by molar-refractivity contribution is 5.40. The maximum Gasteiger partial charge on any atom is 0.260 e. The summed E-state index contributed by atoms with van der Waals surface area (Å²) in [4.78, 5) is 0. The molecule has 0 aliphatic carbocycles. The van der Waals surface area contributed by atoms with Crippen molar-refractivity contribution in [3.8, 4) is 5.75 Å². The molecule has 0 amide bonds. The van der Waals surface area contributed by atoms with Gasteiger partial charge < -0.3 is 10.5 Å². The number of methoxy groups -OCH3 is 1. The Hall–Kier alpha value is -1.30. The van der Waals surface area contributed by atoms with Gasteiger partial charge in [-0.05, 0) is 6.92 Å². The van der Waals surface area contributed by atoms with E-state index in [1.807, 2.05) is 0 Å². The first-order valence-electron chi connectivity index (χ1n) is 4.41. The second-order valence-electron chi connectivity index (χ2n) is 3.55. The highest BCUT2D eigenvalue weighted by Crippen LogP contribution is 2.35. The lowest BCUT2D eigenvalue weighted by atomic mass is 9.92. The Balaban J connectivity index is 3.43. The zero-order valence-corrected chi connectivity index (χ0v) is 8.73. The molecule has 0 saturated carbocycles. The summed E-state index contributed by atoms with van der Waals surface area (Å²) in [6, 6.07) is 1.30. The molecule has 2 nitrogen and oxygen atoms in total. The Morgan fingerprint density at radius 3 is 2.31 bits per heavy atom. The van der Waals surface area contributed by atoms with Crippen LogP contribution in [-0.4, -0.2) is 13.5 Å². The first kappa shape index (κ1) is 12.8. The van der Waals surface area contributed by atoms with Crippen LogP contribution in [0.1, 0.15) is 12.5 Å². The van der Waals surface area contributed by atoms with Gasteiger partial charge in [0.2, 0.25) is 0 Å². The van der Waals surface area contributed by atoms with Crippen LogP contribution >= 0.6 is 0 Å². The molecule has 0 aliphatic rings. The van der Waals surface area contributed by atoms with Crippen LogP contribution in [0.15, 0.2) is 12.1 Å². The summed E-state index contributed by atoms with van der Waals surface area (Å²) in [7, 11) is 1.12. The van der Waals surface area contributed by atoms with Crippen LogP contribution < -0.4 is 10.5 Å². The highest BCUT2D eigenvalue weighted by atomic mass is 19.3. The Morgan fingerprint density at radius 1 is 1.31 bits per heavy atom. The van der Waals surface area contributed by atoms with Gasteiger partial charge in [0.1, 0.15) is 22.9 Å². The van der Waals surface area contributed by atoms with E-state index in [2.05, 4.69) is 4.74 Å². The van der Waals surface area contributed by atoms with E-state index in [1.54, 1.807) is 0 Å². The molecule has 0 spiro atoms. The lowest BCUT2D eigenvalue weighted by Crippen LogP contribution is -2.41. The van der Waals surface area contributed by atoms with Crippen LogP contribution in [-0.2, 0) is 5.54 Å². The van der Waals surface area contributed by atoms with E-state index in [-0.39, 0.29) is 5.75 Å². The van der Waals surface area contributed by atoms with E-state index in [9.17, 15) is 17.6 Å². The fraction of sp³-hybridized carbons (Fsp3) is 0.400. The van der Waals surface area contributed by atoms with E-state index < -0.39 is 29.2 Å². The minimum absolute atomic E-state index is 0.331. The number of alkyl halides is 2. The first-order valence-corrected chi connectivity index (χ1v) is 4.41. The summed E-state index contributed by atoms with van der Waals surface area (Å²) in [5.74, 6) is -2.40. The quantitative estimate of drug-likeness (QED) is 0.819. The number of ether oxygens (including phenoxy) is 1. The van der Waals surface area contributed by atoms with Gasteiger partial charge in [0.15, 0.2) is 0 Å². The van der Waals surface area contributed by atoms with E-state index in [1.165, 1.54) is 0 Å². The molecular weight excluding hydrogens is 226 g/mol. The third-order valence-electron chi connectivity index (χ3n) is 2.23. The van der Waals surface area contributed by atoms with Gasteiger partial charge in [-0.25, -0.2) is 17.6 Å². The molecule has 90 valence electrons. The lowest BCUT2D eigenvalue weighted by Gasteiger charge is -2.26. The number of halogens is 4. The molecule has 16 heavy (non-hydrogen) atoms. The summed E-state index contributed by atoms with van der Waals surface area (Å²) in [5, 5.41) is 0. The molecule has 1 rings (SSSR count). The van der Waals surface area contributed by atoms with Crippen LogP contribution in [0.3, 0.4) is 0 Å². The molecule has 0 saturated heterocycles. The van der Waals surface area contributed by atoms with Crippen LogP contribution in [0.5, 0.6) is 5.75 Å². The Bertz CT molecular complexity index is 393. The molecule has 1 aromatic carbocycles. The Labute approximate surface area is 90.0 Å². The molecule has 0 bridgehead atoms. The molecule has 2 N–H and O–H groups in total. The molecule has 0 aromatic heterocycles. The van der Waals surface area contributed by atoms with Crippen LogP contribution in [0.25, 0.3) is 0 Å². The van der Waals surface area contributed by atoms with Crippen LogP contribution in [0.4, 0.5) is 17.6 Å². The number of rotatable bonds is 3. The second kappa shape index (κ2) is 4.29. The van der Waals surface area contributed by atoms with Crippen molar-refractivity contribution in [1.82, 2.24) is 0 Å². The summed E-state index contributed by atoms with van der Waals surface area (Å²) < 4.78 is 56.2. The average Bonchev–Trinajstić information content (AvgIpc) is 2.15. The minimum Gasteiger partial charge on any atom is -0.496 e. The predicted octanol–water partition coefficient (Wildman–Crippen LogP) is 2.41. The number of hydrogen-bond acceptors (Lipinski definition) is 2. The molecule has 0 aliphatic heterocycles. The van der Waals surface area contributed by atoms with E-state index in [4.69, 9.17) is 5.73 Å². The molecule has 0 heterocycles. The number of nitrogens with two attached hydrogens (primary N) is 1. The van der Waals surface area contributed by atoms with Crippen LogP contribution in [0.2, 0.25) is 0 Å². The summed E-state index contributed by atoms with van der Waals surface area (Å²) in [5.41, 5.74) is 2.55. The van der Waals surface area contributed by atoms with Gasteiger partial charge in [-0.2, -0.15) is 0 Å². The van der Waals surface area contributed by atoms with Gasteiger partial charge in [0.05, 0.1) is 12.7 Å². The normalized spacial score (nSPS) is 15.0. The number of hydrogen-bond donors (Lipinski definition) is 1. The van der Waals surface area contributed by atoms with Gasteiger partial charge >= 0.3 is 0 Å². The fourth-order valence-corrected chi connectivity index (χ4v) is 1.34. The van der Waals surface area contributed by atoms with Crippen molar-refractivity contribution in [2.24, 2.45) is 5.73 Å². The molecule has 1 atom stereocenters. The first-order chi connectivity index (χ1) is 7.30. The van der Waals surface area contributed by atoms with Gasteiger partial charge in [-0.15, -0.1) is 0 Å². The zero-order valence-electron chi connectivity index (χ0n) is 8.73. The average molecular weight is 237 g/mol. The summed E-state index contributed by atoms with van der Waals surface area (Å²) in [6.45, 7) is 0.955. The van der Waals surface area contributed by atoms with Crippen molar-refractivity contribution in [3.05, 3.63) is 29.3 Å². The summed E-state index contributed by atoms with van der Waals surface area (Å²) >= 11 is 0. The third kappa shape index (κ3) is 2.11. The van der Waals surface area contributed by atoms with Crippen molar-refractivity contribution < 1.29 is 22.3 Å². The van der Waals surface area contributed by atoms with E-state index in [0.29, 0.717) is 6.07 Å². The predicted molar refractivity (Wildman–Crippen MR) is 50.5 cm³/mol. The number of benzene rings is 1. The maximum absolute atomic E-state index is 13.4. The van der Waals surface area contributed by atoms with Gasteiger partial charge in [-0.3, -0.25) is 0 Å². The van der Waals surface area contributed by atoms with E-state index >= 15 is 0 Å². The smallest absolute Gasteiger partial charge is 0.260 e. The molecular formula is C10H11F4NO.